The topological polar surface area (TPSA) is 46.3 Å². The zero-order valence-corrected chi connectivity index (χ0v) is 13.4. The molecule has 2 N–H and O–H groups in total. The van der Waals surface area contributed by atoms with E-state index in [1.807, 2.05) is 4.90 Å². The van der Waals surface area contributed by atoms with Gasteiger partial charge in [0.1, 0.15) is 0 Å². The number of carbonyl (C=O) groups excluding carboxylic acids is 1. The van der Waals surface area contributed by atoms with Gasteiger partial charge in [0.15, 0.2) is 0 Å². The molecule has 2 fully saturated rings. The predicted octanol–water partition coefficient (Wildman–Crippen LogP) is 2.55. The molecular formula is C17H25ClN2O. The van der Waals surface area contributed by atoms with Gasteiger partial charge < -0.3 is 10.6 Å². The molecule has 4 heteroatoms. The zero-order valence-electron chi connectivity index (χ0n) is 12.6. The van der Waals surface area contributed by atoms with Crippen LogP contribution >= 0.6 is 12.4 Å². The van der Waals surface area contributed by atoms with Crippen molar-refractivity contribution in [3.05, 3.63) is 35.4 Å². The molecule has 1 heterocycles. The van der Waals surface area contributed by atoms with E-state index < -0.39 is 0 Å². The fourth-order valence-electron chi connectivity index (χ4n) is 3.68. The van der Waals surface area contributed by atoms with Crippen LogP contribution in [0.2, 0.25) is 0 Å². The minimum Gasteiger partial charge on any atom is -0.342 e. The number of aryl methyl sites for hydroxylation is 2. The second kappa shape index (κ2) is 6.80. The first-order chi connectivity index (χ1) is 9.63. The van der Waals surface area contributed by atoms with Crippen molar-refractivity contribution in [3.8, 4) is 0 Å². The van der Waals surface area contributed by atoms with Crippen LogP contribution in [-0.2, 0) is 11.2 Å². The number of fused-ring (bicyclic) bond motifs is 1. The summed E-state index contributed by atoms with van der Waals surface area (Å²) in [5.41, 5.74) is 8.64. The maximum atomic E-state index is 12.3. The van der Waals surface area contributed by atoms with Gasteiger partial charge in [0, 0.05) is 25.6 Å². The highest BCUT2D eigenvalue weighted by Crippen LogP contribution is 2.37. The summed E-state index contributed by atoms with van der Waals surface area (Å²) in [5.74, 6) is 1.51. The number of carbonyl (C=O) groups is 1. The van der Waals surface area contributed by atoms with Crippen LogP contribution in [0.25, 0.3) is 0 Å². The van der Waals surface area contributed by atoms with Crippen LogP contribution in [0, 0.1) is 18.8 Å². The summed E-state index contributed by atoms with van der Waals surface area (Å²) in [6, 6.07) is 8.78. The van der Waals surface area contributed by atoms with Gasteiger partial charge in [-0.2, -0.15) is 0 Å². The molecule has 1 amide bonds. The van der Waals surface area contributed by atoms with Crippen molar-refractivity contribution in [3.63, 3.8) is 0 Å². The third-order valence-corrected chi connectivity index (χ3v) is 5.01. The molecule has 1 aliphatic heterocycles. The molecule has 1 aliphatic carbocycles. The van der Waals surface area contributed by atoms with E-state index in [2.05, 4.69) is 31.2 Å². The van der Waals surface area contributed by atoms with Gasteiger partial charge in [-0.3, -0.25) is 4.79 Å². The van der Waals surface area contributed by atoms with Gasteiger partial charge in [0.2, 0.25) is 5.91 Å². The Kier molecular flexibility index (Phi) is 5.28. The van der Waals surface area contributed by atoms with Crippen molar-refractivity contribution in [2.45, 2.75) is 38.6 Å². The lowest BCUT2D eigenvalue weighted by Crippen LogP contribution is -2.33. The molecule has 0 bridgehead atoms. The molecule has 2 aliphatic rings. The van der Waals surface area contributed by atoms with Gasteiger partial charge in [-0.1, -0.05) is 29.8 Å². The standard InChI is InChI=1S/C17H24N2O.ClH/c1-12-2-4-13(5-3-12)6-9-17(20)19-10-14-7-8-16(18)15(14)11-19;/h2-5,14-16H,6-11,18H2,1H3;1H. The van der Waals surface area contributed by atoms with E-state index >= 15 is 0 Å². The Balaban J connectivity index is 0.00000161. The molecule has 3 atom stereocenters. The van der Waals surface area contributed by atoms with E-state index in [-0.39, 0.29) is 12.4 Å². The molecule has 116 valence electrons. The van der Waals surface area contributed by atoms with E-state index in [1.54, 1.807) is 0 Å². The van der Waals surface area contributed by atoms with E-state index in [0.29, 0.717) is 30.2 Å². The molecular weight excluding hydrogens is 284 g/mol. The highest BCUT2D eigenvalue weighted by atomic mass is 35.5. The molecule has 0 aromatic heterocycles. The molecule has 3 unspecified atom stereocenters. The normalized spacial score (nSPS) is 27.3. The van der Waals surface area contributed by atoms with Crippen molar-refractivity contribution in [1.29, 1.82) is 0 Å². The molecule has 21 heavy (non-hydrogen) atoms. The Bertz CT molecular complexity index is 488. The number of nitrogens with zero attached hydrogens (tertiary/aromatic N) is 1. The number of amides is 1. The maximum Gasteiger partial charge on any atom is 0.222 e. The Hall–Kier alpha value is -1.06. The number of nitrogens with two attached hydrogens (primary N) is 1. The Morgan fingerprint density at radius 3 is 2.62 bits per heavy atom. The number of halogens is 1. The summed E-state index contributed by atoms with van der Waals surface area (Å²) in [7, 11) is 0. The Morgan fingerprint density at radius 2 is 1.95 bits per heavy atom. The molecule has 0 radical (unpaired) electrons. The lowest BCUT2D eigenvalue weighted by Gasteiger charge is -2.18. The van der Waals surface area contributed by atoms with Crippen molar-refractivity contribution in [2.75, 3.05) is 13.1 Å². The molecule has 1 aromatic rings. The first kappa shape index (κ1) is 16.3. The molecule has 1 saturated carbocycles. The first-order valence-electron chi connectivity index (χ1n) is 7.72. The summed E-state index contributed by atoms with van der Waals surface area (Å²) >= 11 is 0. The number of hydrogen-bond donors (Lipinski definition) is 1. The highest BCUT2D eigenvalue weighted by Gasteiger charge is 2.42. The van der Waals surface area contributed by atoms with Gasteiger partial charge in [0.05, 0.1) is 0 Å². The summed E-state index contributed by atoms with van der Waals surface area (Å²) < 4.78 is 0. The fraction of sp³-hybridized carbons (Fsp3) is 0.588. The van der Waals surface area contributed by atoms with Gasteiger partial charge in [-0.25, -0.2) is 0 Å². The van der Waals surface area contributed by atoms with Crippen LogP contribution in [0.1, 0.15) is 30.4 Å². The monoisotopic (exact) mass is 308 g/mol. The van der Waals surface area contributed by atoms with E-state index in [4.69, 9.17) is 5.73 Å². The zero-order chi connectivity index (χ0) is 14.1. The van der Waals surface area contributed by atoms with E-state index in [9.17, 15) is 4.79 Å². The van der Waals surface area contributed by atoms with E-state index in [0.717, 1.165) is 25.9 Å². The molecule has 0 spiro atoms. The Morgan fingerprint density at radius 1 is 1.24 bits per heavy atom. The van der Waals surface area contributed by atoms with Crippen LogP contribution in [0.4, 0.5) is 0 Å². The van der Waals surface area contributed by atoms with Crippen LogP contribution in [0.15, 0.2) is 24.3 Å². The second-order valence-electron chi connectivity index (χ2n) is 6.45. The highest BCUT2D eigenvalue weighted by molar-refractivity contribution is 5.85. The minimum absolute atomic E-state index is 0. The van der Waals surface area contributed by atoms with Crippen molar-refractivity contribution >= 4 is 18.3 Å². The van der Waals surface area contributed by atoms with Crippen LogP contribution < -0.4 is 5.73 Å². The van der Waals surface area contributed by atoms with Crippen LogP contribution in [0.3, 0.4) is 0 Å². The summed E-state index contributed by atoms with van der Waals surface area (Å²) in [6.45, 7) is 3.91. The van der Waals surface area contributed by atoms with Crippen molar-refractivity contribution in [2.24, 2.45) is 17.6 Å². The third-order valence-electron chi connectivity index (χ3n) is 5.01. The van der Waals surface area contributed by atoms with Crippen molar-refractivity contribution < 1.29 is 4.79 Å². The largest absolute Gasteiger partial charge is 0.342 e. The summed E-state index contributed by atoms with van der Waals surface area (Å²) in [6.07, 6.45) is 3.81. The summed E-state index contributed by atoms with van der Waals surface area (Å²) in [5, 5.41) is 0. The molecule has 1 saturated heterocycles. The SMILES string of the molecule is Cc1ccc(CCC(=O)N2CC3CCC(N)C3C2)cc1.Cl. The first-order valence-corrected chi connectivity index (χ1v) is 7.72. The van der Waals surface area contributed by atoms with E-state index in [1.165, 1.54) is 17.5 Å². The number of hydrogen-bond acceptors (Lipinski definition) is 2. The molecule has 3 rings (SSSR count). The number of benzene rings is 1. The maximum absolute atomic E-state index is 12.3. The fourth-order valence-corrected chi connectivity index (χ4v) is 3.68. The van der Waals surface area contributed by atoms with Crippen LogP contribution in [0.5, 0.6) is 0 Å². The number of likely N-dealkylation sites (tertiary alicyclic amines) is 1. The number of rotatable bonds is 3. The smallest absolute Gasteiger partial charge is 0.222 e. The molecule has 1 aromatic carbocycles. The second-order valence-corrected chi connectivity index (χ2v) is 6.45. The lowest BCUT2D eigenvalue weighted by atomic mass is 9.98. The van der Waals surface area contributed by atoms with Crippen molar-refractivity contribution in [1.82, 2.24) is 4.90 Å². The third kappa shape index (κ3) is 3.58. The molecule has 3 nitrogen and oxygen atoms in total. The van der Waals surface area contributed by atoms with Crippen LogP contribution in [-0.4, -0.2) is 29.9 Å². The predicted molar refractivity (Wildman–Crippen MR) is 87.5 cm³/mol. The quantitative estimate of drug-likeness (QED) is 0.933. The van der Waals surface area contributed by atoms with Gasteiger partial charge in [-0.05, 0) is 43.6 Å². The van der Waals surface area contributed by atoms with Gasteiger partial charge >= 0.3 is 0 Å². The lowest BCUT2D eigenvalue weighted by molar-refractivity contribution is -0.130. The average molecular weight is 309 g/mol. The van der Waals surface area contributed by atoms with Gasteiger partial charge in [0.25, 0.3) is 0 Å². The summed E-state index contributed by atoms with van der Waals surface area (Å²) in [4.78, 5) is 14.4. The van der Waals surface area contributed by atoms with Gasteiger partial charge in [-0.15, -0.1) is 12.4 Å². The minimum atomic E-state index is 0. The average Bonchev–Trinajstić information content (AvgIpc) is 3.01. The Labute approximate surface area is 133 Å².